The molecule has 0 aliphatic rings. The highest BCUT2D eigenvalue weighted by Crippen LogP contribution is 1.99. The minimum atomic E-state index is -1.20. The smallest absolute Gasteiger partial charge is 0.318 e. The van der Waals surface area contributed by atoms with E-state index in [0.29, 0.717) is 0 Å². The van der Waals surface area contributed by atoms with Crippen LogP contribution in [0.15, 0.2) is 0 Å². The van der Waals surface area contributed by atoms with Gasteiger partial charge in [-0.25, -0.2) is 0 Å². The van der Waals surface area contributed by atoms with Gasteiger partial charge in [-0.15, -0.1) is 0 Å². The first-order valence-electron chi connectivity index (χ1n) is 2.88. The van der Waals surface area contributed by atoms with Gasteiger partial charge in [0.2, 0.25) is 5.91 Å². The zero-order chi connectivity index (χ0) is 9.02. The van der Waals surface area contributed by atoms with Crippen LogP contribution in [0.4, 0.5) is 0 Å². The molecule has 5 nitrogen and oxygen atoms in total. The van der Waals surface area contributed by atoms with Gasteiger partial charge in [-0.1, -0.05) is 0 Å². The second-order valence-electron chi connectivity index (χ2n) is 1.92. The number of carbonyl (C=O) groups excluding carboxylic acids is 1. The van der Waals surface area contributed by atoms with Crippen molar-refractivity contribution in [1.82, 2.24) is 5.32 Å². The Bertz CT molecular complexity index is 173. The number of likely N-dealkylation sites (N-methyl/N-ethyl adjacent to an activating group) is 1. The number of thiol groups is 1. The molecule has 0 aliphatic carbocycles. The third-order valence-corrected chi connectivity index (χ3v) is 1.68. The number of nitrogens with two attached hydrogens (primary N) is 1. The normalized spacial score (nSPS) is 15.2. The number of rotatable bonds is 3. The third-order valence-electron chi connectivity index (χ3n) is 1.14. The lowest BCUT2D eigenvalue weighted by Crippen LogP contribution is -2.48. The summed E-state index contributed by atoms with van der Waals surface area (Å²) in [5.74, 6) is -1.74. The van der Waals surface area contributed by atoms with Crippen molar-refractivity contribution in [2.75, 3.05) is 7.05 Å². The maximum atomic E-state index is 10.7. The fraction of sp³-hybridized carbons (Fsp3) is 0.600. The number of aliphatic carboxylic acids is 1. The molecule has 64 valence electrons. The molecule has 0 aliphatic heterocycles. The molecule has 0 heterocycles. The summed E-state index contributed by atoms with van der Waals surface area (Å²) in [5.41, 5.74) is 5.20. The van der Waals surface area contributed by atoms with Gasteiger partial charge in [0, 0.05) is 7.05 Å². The highest BCUT2D eigenvalue weighted by atomic mass is 32.1. The fourth-order valence-corrected chi connectivity index (χ4v) is 0.599. The van der Waals surface area contributed by atoms with E-state index >= 15 is 0 Å². The van der Waals surface area contributed by atoms with E-state index in [2.05, 4.69) is 17.9 Å². The van der Waals surface area contributed by atoms with Crippen LogP contribution in [0.5, 0.6) is 0 Å². The van der Waals surface area contributed by atoms with Gasteiger partial charge in [0.15, 0.2) is 0 Å². The second-order valence-corrected chi connectivity index (χ2v) is 2.48. The second kappa shape index (κ2) is 4.20. The van der Waals surface area contributed by atoms with Crippen LogP contribution >= 0.6 is 12.6 Å². The van der Waals surface area contributed by atoms with Gasteiger partial charge in [-0.05, 0) is 0 Å². The SMILES string of the molecule is CNC(=O)[C@@H](N)[C@@H](S)C(=O)O. The molecule has 0 saturated carbocycles. The summed E-state index contributed by atoms with van der Waals surface area (Å²) in [6.45, 7) is 0. The topological polar surface area (TPSA) is 92.4 Å². The molecule has 2 atom stereocenters. The van der Waals surface area contributed by atoms with E-state index in [0.717, 1.165) is 0 Å². The molecule has 0 unspecified atom stereocenters. The van der Waals surface area contributed by atoms with Crippen LogP contribution in [-0.2, 0) is 9.59 Å². The van der Waals surface area contributed by atoms with Gasteiger partial charge < -0.3 is 16.2 Å². The molecule has 0 aromatic heterocycles. The number of hydrogen-bond donors (Lipinski definition) is 4. The first kappa shape index (κ1) is 10.2. The Labute approximate surface area is 69.4 Å². The Morgan fingerprint density at radius 1 is 1.64 bits per heavy atom. The average molecular weight is 178 g/mol. The summed E-state index contributed by atoms with van der Waals surface area (Å²) in [4.78, 5) is 20.9. The van der Waals surface area contributed by atoms with E-state index in [9.17, 15) is 9.59 Å². The Morgan fingerprint density at radius 2 is 2.09 bits per heavy atom. The van der Waals surface area contributed by atoms with Crippen molar-refractivity contribution in [3.05, 3.63) is 0 Å². The first-order chi connectivity index (χ1) is 5.00. The van der Waals surface area contributed by atoms with Gasteiger partial charge >= 0.3 is 5.97 Å². The van der Waals surface area contributed by atoms with Crippen LogP contribution in [0.2, 0.25) is 0 Å². The first-order valence-corrected chi connectivity index (χ1v) is 3.40. The number of carboxylic acids is 1. The highest BCUT2D eigenvalue weighted by Gasteiger charge is 2.26. The molecule has 6 heteroatoms. The molecule has 0 saturated heterocycles. The number of amides is 1. The Kier molecular flexibility index (Phi) is 3.91. The Hall–Kier alpha value is -0.750. The summed E-state index contributed by atoms with van der Waals surface area (Å²) in [7, 11) is 1.38. The van der Waals surface area contributed by atoms with E-state index in [1.54, 1.807) is 0 Å². The zero-order valence-corrected chi connectivity index (χ0v) is 6.84. The van der Waals surface area contributed by atoms with Gasteiger partial charge in [-0.2, -0.15) is 12.6 Å². The molecule has 0 spiro atoms. The molecular weight excluding hydrogens is 168 g/mol. The summed E-state index contributed by atoms with van der Waals surface area (Å²) in [6.07, 6.45) is 0. The monoisotopic (exact) mass is 178 g/mol. The Balaban J connectivity index is 4.12. The predicted octanol–water partition coefficient (Wildman–Crippen LogP) is -1.56. The zero-order valence-electron chi connectivity index (χ0n) is 5.94. The van der Waals surface area contributed by atoms with Crippen molar-refractivity contribution >= 4 is 24.5 Å². The van der Waals surface area contributed by atoms with Crippen LogP contribution in [-0.4, -0.2) is 35.3 Å². The van der Waals surface area contributed by atoms with Crippen molar-refractivity contribution in [2.45, 2.75) is 11.3 Å². The van der Waals surface area contributed by atoms with E-state index < -0.39 is 23.2 Å². The lowest BCUT2D eigenvalue weighted by Gasteiger charge is -2.12. The maximum absolute atomic E-state index is 10.7. The lowest BCUT2D eigenvalue weighted by molar-refractivity contribution is -0.138. The predicted molar refractivity (Wildman–Crippen MR) is 42.5 cm³/mol. The van der Waals surface area contributed by atoms with Crippen molar-refractivity contribution in [1.29, 1.82) is 0 Å². The molecule has 0 rings (SSSR count). The van der Waals surface area contributed by atoms with Crippen LogP contribution in [0.3, 0.4) is 0 Å². The van der Waals surface area contributed by atoms with Crippen LogP contribution in [0, 0.1) is 0 Å². The summed E-state index contributed by atoms with van der Waals surface area (Å²) >= 11 is 3.63. The highest BCUT2D eigenvalue weighted by molar-refractivity contribution is 7.81. The molecule has 0 fully saturated rings. The van der Waals surface area contributed by atoms with Gasteiger partial charge in [-0.3, -0.25) is 9.59 Å². The molecular formula is C5H10N2O3S. The van der Waals surface area contributed by atoms with E-state index in [4.69, 9.17) is 10.8 Å². The van der Waals surface area contributed by atoms with Crippen molar-refractivity contribution < 1.29 is 14.7 Å². The van der Waals surface area contributed by atoms with E-state index in [1.807, 2.05) is 0 Å². The molecule has 1 amide bonds. The van der Waals surface area contributed by atoms with Crippen molar-refractivity contribution in [3.8, 4) is 0 Å². The molecule has 11 heavy (non-hydrogen) atoms. The van der Waals surface area contributed by atoms with Crippen LogP contribution in [0.1, 0.15) is 0 Å². The quantitative estimate of drug-likeness (QED) is 0.393. The minimum absolute atomic E-state index is 0.535. The van der Waals surface area contributed by atoms with Gasteiger partial charge in [0.25, 0.3) is 0 Å². The molecule has 4 N–H and O–H groups in total. The van der Waals surface area contributed by atoms with Crippen molar-refractivity contribution in [2.24, 2.45) is 5.73 Å². The summed E-state index contributed by atoms with van der Waals surface area (Å²) in [5, 5.41) is 9.43. The van der Waals surface area contributed by atoms with E-state index in [1.165, 1.54) is 7.05 Å². The lowest BCUT2D eigenvalue weighted by atomic mass is 10.2. The van der Waals surface area contributed by atoms with Gasteiger partial charge in [0.1, 0.15) is 11.3 Å². The largest absolute Gasteiger partial charge is 0.480 e. The third kappa shape index (κ3) is 2.77. The fourth-order valence-electron chi connectivity index (χ4n) is 0.464. The standard InChI is InChI=1S/C5H10N2O3S/c1-7-4(8)2(6)3(11)5(9)10/h2-3,11H,6H2,1H3,(H,7,8)(H,9,10)/t2-,3+/m0/s1. The number of nitrogens with one attached hydrogen (secondary N) is 1. The molecule has 0 radical (unpaired) electrons. The minimum Gasteiger partial charge on any atom is -0.480 e. The number of carbonyl (C=O) groups is 2. The maximum Gasteiger partial charge on any atom is 0.318 e. The van der Waals surface area contributed by atoms with E-state index in [-0.39, 0.29) is 0 Å². The van der Waals surface area contributed by atoms with Crippen molar-refractivity contribution in [3.63, 3.8) is 0 Å². The summed E-state index contributed by atoms with van der Waals surface area (Å²) < 4.78 is 0. The number of carboxylic acid groups (broad SMARTS) is 1. The molecule has 0 aromatic carbocycles. The molecule has 0 aromatic rings. The Morgan fingerprint density at radius 3 is 2.36 bits per heavy atom. The molecule has 0 bridgehead atoms. The number of hydrogen-bond acceptors (Lipinski definition) is 4. The summed E-state index contributed by atoms with van der Waals surface area (Å²) in [6, 6.07) is -1.11. The van der Waals surface area contributed by atoms with Crippen LogP contribution in [0.25, 0.3) is 0 Å². The average Bonchev–Trinajstić information content (AvgIpc) is 2.00. The van der Waals surface area contributed by atoms with Gasteiger partial charge in [0.05, 0.1) is 0 Å². The van der Waals surface area contributed by atoms with Crippen LogP contribution < -0.4 is 11.1 Å².